The minimum Gasteiger partial charge on any atom is -0.324 e. The fraction of sp³-hybridized carbons (Fsp3) is 0.0294. The van der Waals surface area contributed by atoms with Gasteiger partial charge in [-0.3, -0.25) is 4.98 Å². The van der Waals surface area contributed by atoms with Crippen molar-refractivity contribution in [2.24, 2.45) is 0 Å². The Kier molecular flexibility index (Phi) is 5.77. The molecule has 0 aliphatic carbocycles. The van der Waals surface area contributed by atoms with E-state index in [1.165, 1.54) is 22.3 Å². The highest BCUT2D eigenvalue weighted by Gasteiger charge is 2.39. The number of para-hydroxylation sites is 1. The molecule has 0 bridgehead atoms. The smallest absolute Gasteiger partial charge is 0.0716 e. The zero-order chi connectivity index (χ0) is 24.2. The van der Waals surface area contributed by atoms with E-state index in [-0.39, 0.29) is 0 Å². The highest BCUT2D eigenvalue weighted by atomic mass is 14.9. The van der Waals surface area contributed by atoms with E-state index in [2.05, 4.69) is 149 Å². The fourth-order valence-electron chi connectivity index (χ4n) is 5.20. The van der Waals surface area contributed by atoms with Crippen LogP contribution < -0.4 is 0 Å². The van der Waals surface area contributed by atoms with Crippen LogP contribution in [0.3, 0.4) is 0 Å². The molecule has 36 heavy (non-hydrogen) atoms. The molecule has 0 aliphatic heterocycles. The first-order valence-electron chi connectivity index (χ1n) is 12.2. The first-order chi connectivity index (χ1) is 17.9. The van der Waals surface area contributed by atoms with Gasteiger partial charge in [-0.1, -0.05) is 103 Å². The van der Waals surface area contributed by atoms with Crippen LogP contribution in [0.2, 0.25) is 0 Å². The van der Waals surface area contributed by atoms with Crippen LogP contribution in [0.25, 0.3) is 16.9 Å². The van der Waals surface area contributed by atoms with Crippen molar-refractivity contribution in [1.82, 2.24) is 9.55 Å². The Hall–Kier alpha value is -4.69. The summed E-state index contributed by atoms with van der Waals surface area (Å²) >= 11 is 0. The van der Waals surface area contributed by atoms with E-state index in [0.717, 1.165) is 16.9 Å². The molecule has 0 amide bonds. The minimum atomic E-state index is -0.507. The third kappa shape index (κ3) is 3.83. The van der Waals surface area contributed by atoms with Gasteiger partial charge in [0.1, 0.15) is 0 Å². The number of pyridine rings is 1. The molecule has 0 atom stereocenters. The van der Waals surface area contributed by atoms with Gasteiger partial charge in [-0.15, -0.1) is 0 Å². The number of rotatable bonds is 6. The standard InChI is InChI=1S/C34H26N2/c1-4-14-28(15-5-1)34(29-16-6-2-7-17-29,31-22-24-36(26-31)32-19-8-3-9-20-32)30-18-12-13-27(25-30)33-21-10-11-23-35-33/h1-26H. The summed E-state index contributed by atoms with van der Waals surface area (Å²) in [6.07, 6.45) is 6.28. The van der Waals surface area contributed by atoms with Gasteiger partial charge >= 0.3 is 0 Å². The molecule has 4 aromatic carbocycles. The van der Waals surface area contributed by atoms with Crippen LogP contribution in [0, 0.1) is 0 Å². The summed E-state index contributed by atoms with van der Waals surface area (Å²) in [5, 5.41) is 0. The minimum absolute atomic E-state index is 0.507. The van der Waals surface area contributed by atoms with Gasteiger partial charge in [-0.2, -0.15) is 0 Å². The maximum Gasteiger partial charge on any atom is 0.0716 e. The Morgan fingerprint density at radius 2 is 1.11 bits per heavy atom. The van der Waals surface area contributed by atoms with Gasteiger partial charge in [0.05, 0.1) is 11.1 Å². The maximum atomic E-state index is 4.63. The van der Waals surface area contributed by atoms with Crippen LogP contribution in [-0.2, 0) is 5.41 Å². The predicted molar refractivity (Wildman–Crippen MR) is 147 cm³/mol. The van der Waals surface area contributed by atoms with Gasteiger partial charge < -0.3 is 4.57 Å². The Morgan fingerprint density at radius 1 is 0.500 bits per heavy atom. The van der Waals surface area contributed by atoms with Crippen LogP contribution in [-0.4, -0.2) is 9.55 Å². The predicted octanol–water partition coefficient (Wildman–Crippen LogP) is 7.92. The molecule has 0 radical (unpaired) electrons. The van der Waals surface area contributed by atoms with E-state index in [1.807, 2.05) is 18.3 Å². The molecule has 172 valence electrons. The largest absolute Gasteiger partial charge is 0.324 e. The summed E-state index contributed by atoms with van der Waals surface area (Å²) in [6, 6.07) is 49.2. The van der Waals surface area contributed by atoms with Gasteiger partial charge in [-0.25, -0.2) is 0 Å². The molecule has 2 heteroatoms. The molecule has 2 heterocycles. The van der Waals surface area contributed by atoms with E-state index in [9.17, 15) is 0 Å². The fourth-order valence-corrected chi connectivity index (χ4v) is 5.20. The molecule has 0 N–H and O–H groups in total. The summed E-state index contributed by atoms with van der Waals surface area (Å²) < 4.78 is 2.21. The molecule has 0 unspecified atom stereocenters. The third-order valence-corrected chi connectivity index (χ3v) is 6.85. The maximum absolute atomic E-state index is 4.63. The van der Waals surface area contributed by atoms with Crippen molar-refractivity contribution in [3.63, 3.8) is 0 Å². The Bertz CT molecular complexity index is 1510. The summed E-state index contributed by atoms with van der Waals surface area (Å²) in [4.78, 5) is 4.63. The topological polar surface area (TPSA) is 17.8 Å². The van der Waals surface area contributed by atoms with Crippen molar-refractivity contribution < 1.29 is 0 Å². The van der Waals surface area contributed by atoms with Crippen LogP contribution in [0.4, 0.5) is 0 Å². The highest BCUT2D eigenvalue weighted by Crippen LogP contribution is 2.46. The second-order valence-electron chi connectivity index (χ2n) is 8.92. The average Bonchev–Trinajstić information content (AvgIpc) is 3.46. The number of aromatic nitrogens is 2. The van der Waals surface area contributed by atoms with Gasteiger partial charge in [-0.05, 0) is 58.7 Å². The van der Waals surface area contributed by atoms with Crippen molar-refractivity contribution in [3.05, 3.63) is 180 Å². The Balaban J connectivity index is 1.65. The lowest BCUT2D eigenvalue weighted by Crippen LogP contribution is -2.30. The lowest BCUT2D eigenvalue weighted by atomic mass is 9.65. The van der Waals surface area contributed by atoms with Crippen LogP contribution in [0.15, 0.2) is 158 Å². The molecular weight excluding hydrogens is 436 g/mol. The van der Waals surface area contributed by atoms with Crippen molar-refractivity contribution >= 4 is 0 Å². The average molecular weight is 463 g/mol. The third-order valence-electron chi connectivity index (χ3n) is 6.85. The lowest BCUT2D eigenvalue weighted by Gasteiger charge is -2.36. The van der Waals surface area contributed by atoms with E-state index in [4.69, 9.17) is 0 Å². The van der Waals surface area contributed by atoms with Crippen molar-refractivity contribution in [2.75, 3.05) is 0 Å². The molecule has 0 saturated heterocycles. The zero-order valence-electron chi connectivity index (χ0n) is 19.9. The molecule has 2 aromatic heterocycles. The molecule has 0 spiro atoms. The molecule has 6 rings (SSSR count). The van der Waals surface area contributed by atoms with Crippen molar-refractivity contribution in [2.45, 2.75) is 5.41 Å². The normalized spacial score (nSPS) is 11.3. The van der Waals surface area contributed by atoms with E-state index >= 15 is 0 Å². The van der Waals surface area contributed by atoms with Gasteiger partial charge in [0.15, 0.2) is 0 Å². The zero-order valence-corrected chi connectivity index (χ0v) is 19.9. The summed E-state index contributed by atoms with van der Waals surface area (Å²) in [5.74, 6) is 0. The quantitative estimate of drug-likeness (QED) is 0.230. The molecule has 0 fully saturated rings. The number of benzene rings is 4. The lowest BCUT2D eigenvalue weighted by molar-refractivity contribution is 0.744. The van der Waals surface area contributed by atoms with E-state index < -0.39 is 5.41 Å². The molecule has 0 saturated carbocycles. The number of nitrogens with zero attached hydrogens (tertiary/aromatic N) is 2. The van der Waals surface area contributed by atoms with Crippen LogP contribution in [0.5, 0.6) is 0 Å². The monoisotopic (exact) mass is 462 g/mol. The molecule has 2 nitrogen and oxygen atoms in total. The molecule has 0 aliphatic rings. The summed E-state index contributed by atoms with van der Waals surface area (Å²) in [5.41, 5.74) is 7.56. The van der Waals surface area contributed by atoms with Crippen LogP contribution >= 0.6 is 0 Å². The van der Waals surface area contributed by atoms with Gasteiger partial charge in [0.2, 0.25) is 0 Å². The molecular formula is C34H26N2. The second kappa shape index (κ2) is 9.52. The first-order valence-corrected chi connectivity index (χ1v) is 12.2. The summed E-state index contributed by atoms with van der Waals surface area (Å²) in [6.45, 7) is 0. The van der Waals surface area contributed by atoms with E-state index in [0.29, 0.717) is 0 Å². The SMILES string of the molecule is c1ccc(-n2ccc(C(c3ccccc3)(c3ccccc3)c3cccc(-c4ccccn4)c3)c2)cc1. The Labute approximate surface area is 212 Å². The van der Waals surface area contributed by atoms with Crippen molar-refractivity contribution in [3.8, 4) is 16.9 Å². The second-order valence-corrected chi connectivity index (χ2v) is 8.92. The van der Waals surface area contributed by atoms with Crippen molar-refractivity contribution in [1.29, 1.82) is 0 Å². The Morgan fingerprint density at radius 3 is 1.75 bits per heavy atom. The first kappa shape index (κ1) is 21.8. The van der Waals surface area contributed by atoms with Gasteiger partial charge in [0.25, 0.3) is 0 Å². The number of hydrogen-bond donors (Lipinski definition) is 0. The highest BCUT2D eigenvalue weighted by molar-refractivity contribution is 5.66. The number of hydrogen-bond acceptors (Lipinski definition) is 1. The van der Waals surface area contributed by atoms with Gasteiger partial charge in [0, 0.05) is 29.8 Å². The summed E-state index contributed by atoms with van der Waals surface area (Å²) in [7, 11) is 0. The van der Waals surface area contributed by atoms with Crippen LogP contribution in [0.1, 0.15) is 22.3 Å². The molecule has 6 aromatic rings. The van der Waals surface area contributed by atoms with E-state index in [1.54, 1.807) is 0 Å².